The summed E-state index contributed by atoms with van der Waals surface area (Å²) in [5, 5.41) is 0. The molecule has 76 valence electrons. The van der Waals surface area contributed by atoms with Crippen molar-refractivity contribution in [1.82, 2.24) is 4.90 Å². The molecule has 0 N–H and O–H groups in total. The molecule has 0 aromatic rings. The SMILES string of the molecule is CCOCC1CC(=O)N1C(C)(C)C. The van der Waals surface area contributed by atoms with Gasteiger partial charge in [0.1, 0.15) is 0 Å². The highest BCUT2D eigenvalue weighted by molar-refractivity contribution is 5.83. The molecule has 0 bridgehead atoms. The van der Waals surface area contributed by atoms with E-state index in [1.54, 1.807) is 0 Å². The molecule has 0 saturated carbocycles. The van der Waals surface area contributed by atoms with Crippen LogP contribution in [0.2, 0.25) is 0 Å². The van der Waals surface area contributed by atoms with E-state index in [1.165, 1.54) is 0 Å². The first-order valence-electron chi connectivity index (χ1n) is 4.86. The van der Waals surface area contributed by atoms with Crippen molar-refractivity contribution in [3.63, 3.8) is 0 Å². The molecule has 0 aromatic carbocycles. The Hall–Kier alpha value is -0.570. The molecule has 3 nitrogen and oxygen atoms in total. The molecule has 1 heterocycles. The standard InChI is InChI=1S/C10H19NO2/c1-5-13-7-8-6-9(12)11(8)10(2,3)4/h8H,5-7H2,1-4H3. The summed E-state index contributed by atoms with van der Waals surface area (Å²) < 4.78 is 5.32. The summed E-state index contributed by atoms with van der Waals surface area (Å²) in [7, 11) is 0. The third-order valence-electron chi connectivity index (χ3n) is 2.28. The molecular weight excluding hydrogens is 166 g/mol. The van der Waals surface area contributed by atoms with Gasteiger partial charge in [0.2, 0.25) is 5.91 Å². The van der Waals surface area contributed by atoms with Crippen molar-refractivity contribution in [3.05, 3.63) is 0 Å². The number of carbonyl (C=O) groups excluding carboxylic acids is 1. The number of ether oxygens (including phenoxy) is 1. The zero-order valence-corrected chi connectivity index (χ0v) is 8.96. The summed E-state index contributed by atoms with van der Waals surface area (Å²) in [4.78, 5) is 13.2. The maximum absolute atomic E-state index is 11.3. The second-order valence-corrected chi connectivity index (χ2v) is 4.45. The van der Waals surface area contributed by atoms with Crippen LogP contribution in [-0.4, -0.2) is 35.6 Å². The van der Waals surface area contributed by atoms with Gasteiger partial charge in [0.15, 0.2) is 0 Å². The van der Waals surface area contributed by atoms with Gasteiger partial charge in [-0.25, -0.2) is 0 Å². The third kappa shape index (κ3) is 2.21. The van der Waals surface area contributed by atoms with Gasteiger partial charge >= 0.3 is 0 Å². The number of likely N-dealkylation sites (tertiary alicyclic amines) is 1. The second-order valence-electron chi connectivity index (χ2n) is 4.45. The lowest BCUT2D eigenvalue weighted by atomic mass is 9.93. The molecule has 1 atom stereocenters. The topological polar surface area (TPSA) is 29.5 Å². The number of carbonyl (C=O) groups is 1. The average Bonchev–Trinajstić information content (AvgIpc) is 1.93. The molecule has 0 aromatic heterocycles. The predicted octanol–water partition coefficient (Wildman–Crippen LogP) is 1.42. The second kappa shape index (κ2) is 3.66. The Bertz CT molecular complexity index is 196. The summed E-state index contributed by atoms with van der Waals surface area (Å²) in [6.07, 6.45) is 0.650. The van der Waals surface area contributed by atoms with Crippen LogP contribution in [0.3, 0.4) is 0 Å². The van der Waals surface area contributed by atoms with Crippen molar-refractivity contribution in [2.24, 2.45) is 0 Å². The summed E-state index contributed by atoms with van der Waals surface area (Å²) in [5.74, 6) is 0.247. The van der Waals surface area contributed by atoms with Crippen molar-refractivity contribution in [3.8, 4) is 0 Å². The lowest BCUT2D eigenvalue weighted by Gasteiger charge is -2.48. The van der Waals surface area contributed by atoms with Crippen molar-refractivity contribution in [2.75, 3.05) is 13.2 Å². The van der Waals surface area contributed by atoms with Gasteiger partial charge in [-0.05, 0) is 27.7 Å². The van der Waals surface area contributed by atoms with Crippen molar-refractivity contribution in [2.45, 2.75) is 45.7 Å². The Morgan fingerprint density at radius 3 is 2.54 bits per heavy atom. The van der Waals surface area contributed by atoms with E-state index in [2.05, 4.69) is 20.8 Å². The molecule has 13 heavy (non-hydrogen) atoms. The van der Waals surface area contributed by atoms with Crippen LogP contribution in [-0.2, 0) is 9.53 Å². The van der Waals surface area contributed by atoms with Gasteiger partial charge in [0, 0.05) is 18.6 Å². The Morgan fingerprint density at radius 1 is 1.54 bits per heavy atom. The number of nitrogens with zero attached hydrogens (tertiary/aromatic N) is 1. The van der Waals surface area contributed by atoms with Crippen LogP contribution in [0.25, 0.3) is 0 Å². The van der Waals surface area contributed by atoms with E-state index in [-0.39, 0.29) is 11.4 Å². The normalized spacial score (nSPS) is 23.2. The van der Waals surface area contributed by atoms with E-state index < -0.39 is 0 Å². The van der Waals surface area contributed by atoms with Crippen LogP contribution in [0, 0.1) is 0 Å². The molecular formula is C10H19NO2. The largest absolute Gasteiger partial charge is 0.380 e. The first-order valence-corrected chi connectivity index (χ1v) is 4.86. The Kier molecular flexibility index (Phi) is 2.96. The minimum atomic E-state index is -0.0584. The molecule has 1 unspecified atom stereocenters. The number of rotatable bonds is 3. The molecule has 1 aliphatic heterocycles. The van der Waals surface area contributed by atoms with E-state index in [0.717, 1.165) is 6.61 Å². The maximum Gasteiger partial charge on any atom is 0.225 e. The fraction of sp³-hybridized carbons (Fsp3) is 0.900. The molecule has 3 heteroatoms. The molecule has 0 radical (unpaired) electrons. The van der Waals surface area contributed by atoms with Gasteiger partial charge < -0.3 is 9.64 Å². The number of hydrogen-bond acceptors (Lipinski definition) is 2. The molecule has 0 spiro atoms. The molecule has 1 aliphatic rings. The van der Waals surface area contributed by atoms with Crippen molar-refractivity contribution >= 4 is 5.91 Å². The minimum absolute atomic E-state index is 0.0584. The van der Waals surface area contributed by atoms with E-state index in [1.807, 2.05) is 11.8 Å². The van der Waals surface area contributed by atoms with Crippen LogP contribution in [0.15, 0.2) is 0 Å². The molecule has 1 amide bonds. The van der Waals surface area contributed by atoms with E-state index in [9.17, 15) is 4.79 Å². The number of amides is 1. The van der Waals surface area contributed by atoms with Crippen LogP contribution in [0.5, 0.6) is 0 Å². The van der Waals surface area contributed by atoms with Crippen molar-refractivity contribution < 1.29 is 9.53 Å². The zero-order valence-electron chi connectivity index (χ0n) is 8.96. The Morgan fingerprint density at radius 2 is 2.15 bits per heavy atom. The van der Waals surface area contributed by atoms with Gasteiger partial charge in [-0.15, -0.1) is 0 Å². The Labute approximate surface area is 80.1 Å². The lowest BCUT2D eigenvalue weighted by molar-refractivity contribution is -0.158. The van der Waals surface area contributed by atoms with Crippen molar-refractivity contribution in [1.29, 1.82) is 0 Å². The fourth-order valence-corrected chi connectivity index (χ4v) is 1.79. The first-order chi connectivity index (χ1) is 5.96. The smallest absolute Gasteiger partial charge is 0.225 e. The summed E-state index contributed by atoms with van der Waals surface area (Å²) in [6, 6.07) is 0.299. The van der Waals surface area contributed by atoms with Gasteiger partial charge in [-0.2, -0.15) is 0 Å². The Balaban J connectivity index is 2.47. The van der Waals surface area contributed by atoms with Gasteiger partial charge in [0.25, 0.3) is 0 Å². The van der Waals surface area contributed by atoms with E-state index in [0.29, 0.717) is 19.1 Å². The van der Waals surface area contributed by atoms with E-state index >= 15 is 0 Å². The molecule has 1 fully saturated rings. The number of hydrogen-bond donors (Lipinski definition) is 0. The molecule has 1 saturated heterocycles. The average molecular weight is 185 g/mol. The van der Waals surface area contributed by atoms with Gasteiger partial charge in [0.05, 0.1) is 12.6 Å². The van der Waals surface area contributed by atoms with Crippen LogP contribution in [0.4, 0.5) is 0 Å². The quantitative estimate of drug-likeness (QED) is 0.622. The highest BCUT2D eigenvalue weighted by Gasteiger charge is 2.42. The lowest BCUT2D eigenvalue weighted by Crippen LogP contribution is -2.62. The first kappa shape index (κ1) is 10.5. The van der Waals surface area contributed by atoms with Gasteiger partial charge in [-0.1, -0.05) is 0 Å². The maximum atomic E-state index is 11.3. The highest BCUT2D eigenvalue weighted by Crippen LogP contribution is 2.28. The van der Waals surface area contributed by atoms with Crippen LogP contribution >= 0.6 is 0 Å². The predicted molar refractivity (Wildman–Crippen MR) is 51.5 cm³/mol. The van der Waals surface area contributed by atoms with E-state index in [4.69, 9.17) is 4.74 Å². The van der Waals surface area contributed by atoms with Crippen LogP contribution < -0.4 is 0 Å². The summed E-state index contributed by atoms with van der Waals surface area (Å²) >= 11 is 0. The minimum Gasteiger partial charge on any atom is -0.380 e. The molecule has 0 aliphatic carbocycles. The summed E-state index contributed by atoms with van der Waals surface area (Å²) in [5.41, 5.74) is -0.0584. The number of β-lactam (4-membered cyclic amide) rings is 1. The van der Waals surface area contributed by atoms with Crippen LogP contribution in [0.1, 0.15) is 34.1 Å². The molecule has 1 rings (SSSR count). The van der Waals surface area contributed by atoms with Gasteiger partial charge in [-0.3, -0.25) is 4.79 Å². The zero-order chi connectivity index (χ0) is 10.1. The highest BCUT2D eigenvalue weighted by atomic mass is 16.5. The monoisotopic (exact) mass is 185 g/mol. The summed E-state index contributed by atoms with van der Waals surface area (Å²) in [6.45, 7) is 9.55. The third-order valence-corrected chi connectivity index (χ3v) is 2.28. The fourth-order valence-electron chi connectivity index (χ4n) is 1.79.